The molecule has 4 nitrogen and oxygen atoms in total. The standard InChI is InChI=1S/CN2O2/c4-1-2-3(1)5. The van der Waals surface area contributed by atoms with Crippen LogP contribution in [0.25, 0.3) is 0 Å². The Balaban J connectivity index is 3.15. The first-order chi connectivity index (χ1) is 2.30. The van der Waals surface area contributed by atoms with E-state index in [1.54, 1.807) is 0 Å². The molecule has 5 heavy (non-hydrogen) atoms. The summed E-state index contributed by atoms with van der Waals surface area (Å²) in [5, 5.41) is 12.0. The molecule has 1 aromatic heterocycles. The zero-order valence-electron chi connectivity index (χ0n) is 2.21. The highest BCUT2D eigenvalue weighted by molar-refractivity contribution is 4.31. The molecule has 0 aliphatic heterocycles. The molecule has 0 saturated carbocycles. The summed E-state index contributed by atoms with van der Waals surface area (Å²) in [6.45, 7) is 0. The van der Waals surface area contributed by atoms with Gasteiger partial charge in [-0.15, -0.1) is 0 Å². The molecule has 1 aromatic rings. The largest absolute Gasteiger partial charge is 0.670 e. The summed E-state index contributed by atoms with van der Waals surface area (Å²) in [6.07, 6.45) is 0. The SMILES string of the molecule is O=c1n[n+]1[O-]. The summed E-state index contributed by atoms with van der Waals surface area (Å²) in [4.78, 5) is 9.36. The molecule has 0 N–H and O–H groups in total. The van der Waals surface area contributed by atoms with Crippen LogP contribution in [-0.4, -0.2) is 5.10 Å². The number of aromatic nitrogens is 2. The zero-order valence-corrected chi connectivity index (χ0v) is 2.21. The maximum Gasteiger partial charge on any atom is 0.627 e. The Morgan fingerprint density at radius 1 is 2.00 bits per heavy atom. The van der Waals surface area contributed by atoms with Crippen LogP contribution in [0.5, 0.6) is 0 Å². The van der Waals surface area contributed by atoms with Crippen molar-refractivity contribution in [3.63, 3.8) is 0 Å². The van der Waals surface area contributed by atoms with Gasteiger partial charge in [0, 0.05) is 4.85 Å². The van der Waals surface area contributed by atoms with Crippen LogP contribution in [0.15, 0.2) is 4.79 Å². The van der Waals surface area contributed by atoms with Gasteiger partial charge in [0.25, 0.3) is 0 Å². The van der Waals surface area contributed by atoms with Gasteiger partial charge < -0.3 is 5.21 Å². The Bertz CT molecular complexity index is 139. The smallest absolute Gasteiger partial charge is 0.627 e. The van der Waals surface area contributed by atoms with Crippen LogP contribution in [0.4, 0.5) is 0 Å². The molecule has 0 aromatic carbocycles. The molecular formula is CN2O2. The number of nitrogens with zero attached hydrogens (tertiary/aromatic N) is 2. The lowest BCUT2D eigenvalue weighted by atomic mass is 11.5. The van der Waals surface area contributed by atoms with Crippen molar-refractivity contribution in [2.45, 2.75) is 0 Å². The maximum atomic E-state index is 9.33. The number of hydrogen-bond acceptors (Lipinski definition) is 3. The van der Waals surface area contributed by atoms with Gasteiger partial charge >= 0.3 is 5.69 Å². The summed E-state index contributed by atoms with van der Waals surface area (Å²) in [7, 11) is 0. The van der Waals surface area contributed by atoms with Crippen molar-refractivity contribution in [1.82, 2.24) is 5.10 Å². The second-order valence-corrected chi connectivity index (χ2v) is 0.656. The first-order valence-electron chi connectivity index (χ1n) is 1.03. The normalized spacial score (nSPS) is 9.60. The highest BCUT2D eigenvalue weighted by Gasteiger charge is 2.14. The second kappa shape index (κ2) is 0.357. The van der Waals surface area contributed by atoms with Crippen LogP contribution < -0.4 is 10.5 Å². The molecule has 0 aliphatic carbocycles. The lowest BCUT2D eigenvalue weighted by molar-refractivity contribution is -0.591. The molecule has 0 spiro atoms. The third-order valence-electron chi connectivity index (χ3n) is 0.301. The van der Waals surface area contributed by atoms with Crippen LogP contribution >= 0.6 is 0 Å². The first-order valence-corrected chi connectivity index (χ1v) is 1.03. The molecule has 26 valence electrons. The van der Waals surface area contributed by atoms with E-state index in [-0.39, 0.29) is 4.85 Å². The Kier molecular flexibility index (Phi) is 0.165. The third kappa shape index (κ3) is 0.137. The van der Waals surface area contributed by atoms with Gasteiger partial charge in [-0.3, -0.25) is 0 Å². The Morgan fingerprint density at radius 2 is 2.20 bits per heavy atom. The quantitative estimate of drug-likeness (QED) is 0.262. The molecule has 0 aliphatic rings. The van der Waals surface area contributed by atoms with E-state index in [0.717, 1.165) is 0 Å². The summed E-state index contributed by atoms with van der Waals surface area (Å²) in [5.41, 5.74) is -0.676. The summed E-state index contributed by atoms with van der Waals surface area (Å²) in [5.74, 6) is 0. The van der Waals surface area contributed by atoms with Crippen LogP contribution in [0.3, 0.4) is 0 Å². The van der Waals surface area contributed by atoms with E-state index >= 15 is 0 Å². The fraction of sp³-hybridized carbons (Fsp3) is 0. The molecule has 0 unspecified atom stereocenters. The minimum absolute atomic E-state index is 0.0278. The van der Waals surface area contributed by atoms with Crippen LogP contribution in [0, 0.1) is 5.21 Å². The molecule has 0 atom stereocenters. The molecular weight excluding hydrogens is 72.0 g/mol. The second-order valence-electron chi connectivity index (χ2n) is 0.656. The minimum atomic E-state index is -0.676. The number of rotatable bonds is 0. The summed E-state index contributed by atoms with van der Waals surface area (Å²) < 4.78 is 0. The number of hydrogen-bond donors (Lipinski definition) is 0. The predicted molar refractivity (Wildman–Crippen MR) is 11.8 cm³/mol. The van der Waals surface area contributed by atoms with E-state index < -0.39 is 5.69 Å². The lowest BCUT2D eigenvalue weighted by Gasteiger charge is -1.58. The topological polar surface area (TPSA) is 56.9 Å². The lowest BCUT2D eigenvalue weighted by Crippen LogP contribution is -2.19. The summed E-state index contributed by atoms with van der Waals surface area (Å²) >= 11 is 0. The Labute approximate surface area is 26.9 Å². The first kappa shape index (κ1) is 2.32. The van der Waals surface area contributed by atoms with Crippen LogP contribution in [-0.2, 0) is 0 Å². The molecule has 0 bridgehead atoms. The molecule has 0 radical (unpaired) electrons. The fourth-order valence-corrected chi connectivity index (χ4v) is 0.0553. The molecule has 1 heterocycles. The van der Waals surface area contributed by atoms with E-state index in [1.807, 2.05) is 0 Å². The van der Waals surface area contributed by atoms with Crippen LogP contribution in [0.2, 0.25) is 0 Å². The van der Waals surface area contributed by atoms with E-state index in [0.29, 0.717) is 0 Å². The van der Waals surface area contributed by atoms with E-state index in [4.69, 9.17) is 0 Å². The van der Waals surface area contributed by atoms with Gasteiger partial charge in [-0.1, -0.05) is 0 Å². The van der Waals surface area contributed by atoms with Gasteiger partial charge in [-0.05, 0) is 0 Å². The van der Waals surface area contributed by atoms with E-state index in [2.05, 4.69) is 5.10 Å². The monoisotopic (exact) mass is 72.0 g/mol. The molecule has 0 amide bonds. The Morgan fingerprint density at radius 3 is 2.20 bits per heavy atom. The van der Waals surface area contributed by atoms with Crippen molar-refractivity contribution in [2.75, 3.05) is 0 Å². The minimum Gasteiger partial charge on any atom is -0.670 e. The van der Waals surface area contributed by atoms with Gasteiger partial charge in [-0.2, -0.15) is 4.79 Å². The van der Waals surface area contributed by atoms with Crippen molar-refractivity contribution < 1.29 is 4.85 Å². The average Bonchev–Trinajstić information content (AvgIpc) is 1.79. The van der Waals surface area contributed by atoms with Crippen molar-refractivity contribution in [1.29, 1.82) is 0 Å². The zero-order chi connectivity index (χ0) is 3.86. The maximum absolute atomic E-state index is 9.33. The van der Waals surface area contributed by atoms with Gasteiger partial charge in [0.05, 0.1) is 0 Å². The van der Waals surface area contributed by atoms with Gasteiger partial charge in [-0.25, -0.2) is 0 Å². The summed E-state index contributed by atoms with van der Waals surface area (Å²) in [6, 6.07) is 0. The van der Waals surface area contributed by atoms with Crippen molar-refractivity contribution in [2.24, 2.45) is 0 Å². The molecule has 0 fully saturated rings. The average molecular weight is 72.0 g/mol. The van der Waals surface area contributed by atoms with E-state index in [1.165, 1.54) is 0 Å². The molecule has 0 saturated heterocycles. The highest BCUT2D eigenvalue weighted by atomic mass is 16.5. The van der Waals surface area contributed by atoms with Gasteiger partial charge in [0.2, 0.25) is 5.10 Å². The fourth-order valence-electron chi connectivity index (χ4n) is 0.0553. The van der Waals surface area contributed by atoms with Crippen molar-refractivity contribution >= 4 is 0 Å². The third-order valence-corrected chi connectivity index (χ3v) is 0.301. The van der Waals surface area contributed by atoms with E-state index in [9.17, 15) is 10.0 Å². The molecule has 1 rings (SSSR count). The Hall–Kier alpha value is -0.930. The van der Waals surface area contributed by atoms with Crippen molar-refractivity contribution in [3.8, 4) is 0 Å². The van der Waals surface area contributed by atoms with Crippen molar-refractivity contribution in [3.05, 3.63) is 15.7 Å². The van der Waals surface area contributed by atoms with Gasteiger partial charge in [0.15, 0.2) is 0 Å². The predicted octanol–water partition coefficient (Wildman–Crippen LogP) is -2.05. The highest BCUT2D eigenvalue weighted by Crippen LogP contribution is 1.30. The molecule has 4 heteroatoms. The van der Waals surface area contributed by atoms with Gasteiger partial charge in [0.1, 0.15) is 0 Å². The van der Waals surface area contributed by atoms with Crippen LogP contribution in [0.1, 0.15) is 0 Å².